The molecule has 1 saturated heterocycles. The zero-order valence-corrected chi connectivity index (χ0v) is 14.5. The van der Waals surface area contributed by atoms with Crippen molar-refractivity contribution in [3.63, 3.8) is 0 Å². The highest BCUT2D eigenvalue weighted by Gasteiger charge is 2.23. The Balaban J connectivity index is 1.60. The SMILES string of the molecule is Cc1ccc(/C=C2\SC(=Nc3ccc4ccccc4c3)NC2=O)cc1. The van der Waals surface area contributed by atoms with Crippen LogP contribution in [0.15, 0.2) is 76.6 Å². The third-order valence-electron chi connectivity index (χ3n) is 3.99. The molecule has 1 heterocycles. The van der Waals surface area contributed by atoms with Gasteiger partial charge in [0.05, 0.1) is 10.6 Å². The maximum Gasteiger partial charge on any atom is 0.264 e. The molecular weight excluding hydrogens is 328 g/mol. The van der Waals surface area contributed by atoms with E-state index < -0.39 is 0 Å². The molecule has 3 aromatic carbocycles. The van der Waals surface area contributed by atoms with Gasteiger partial charge in [0.15, 0.2) is 5.17 Å². The highest BCUT2D eigenvalue weighted by molar-refractivity contribution is 8.18. The van der Waals surface area contributed by atoms with Crippen molar-refractivity contribution in [1.29, 1.82) is 0 Å². The summed E-state index contributed by atoms with van der Waals surface area (Å²) < 4.78 is 0. The number of rotatable bonds is 2. The van der Waals surface area contributed by atoms with Crippen LogP contribution in [-0.2, 0) is 4.79 Å². The second-order valence-electron chi connectivity index (χ2n) is 5.92. The van der Waals surface area contributed by atoms with Crippen LogP contribution in [0.25, 0.3) is 16.8 Å². The molecule has 0 aliphatic carbocycles. The van der Waals surface area contributed by atoms with E-state index in [1.165, 1.54) is 22.7 Å². The maximum atomic E-state index is 12.2. The molecule has 1 aliphatic rings. The zero-order chi connectivity index (χ0) is 17.2. The van der Waals surface area contributed by atoms with Crippen molar-refractivity contribution in [2.24, 2.45) is 4.99 Å². The zero-order valence-electron chi connectivity index (χ0n) is 13.7. The summed E-state index contributed by atoms with van der Waals surface area (Å²) in [7, 11) is 0. The Morgan fingerprint density at radius 3 is 2.52 bits per heavy atom. The van der Waals surface area contributed by atoms with Crippen molar-refractivity contribution in [2.45, 2.75) is 6.92 Å². The van der Waals surface area contributed by atoms with Gasteiger partial charge in [-0.1, -0.05) is 60.2 Å². The molecule has 0 saturated carbocycles. The van der Waals surface area contributed by atoms with Crippen LogP contribution >= 0.6 is 11.8 Å². The van der Waals surface area contributed by atoms with Crippen LogP contribution in [0, 0.1) is 6.92 Å². The molecular formula is C21H16N2OS. The number of hydrogen-bond acceptors (Lipinski definition) is 3. The van der Waals surface area contributed by atoms with Crippen molar-refractivity contribution in [1.82, 2.24) is 5.32 Å². The van der Waals surface area contributed by atoms with E-state index >= 15 is 0 Å². The number of nitrogens with zero attached hydrogens (tertiary/aromatic N) is 1. The predicted molar refractivity (Wildman–Crippen MR) is 106 cm³/mol. The minimum Gasteiger partial charge on any atom is -0.300 e. The summed E-state index contributed by atoms with van der Waals surface area (Å²) in [6, 6.07) is 22.3. The number of fused-ring (bicyclic) bond motifs is 1. The van der Waals surface area contributed by atoms with Crippen LogP contribution in [0.3, 0.4) is 0 Å². The molecule has 25 heavy (non-hydrogen) atoms. The smallest absolute Gasteiger partial charge is 0.264 e. The molecule has 0 spiro atoms. The summed E-state index contributed by atoms with van der Waals surface area (Å²) >= 11 is 1.37. The van der Waals surface area contributed by atoms with Crippen LogP contribution in [0.1, 0.15) is 11.1 Å². The number of carbonyl (C=O) groups excluding carboxylic acids is 1. The summed E-state index contributed by atoms with van der Waals surface area (Å²) in [6.07, 6.45) is 1.89. The van der Waals surface area contributed by atoms with E-state index in [-0.39, 0.29) is 5.91 Å². The Morgan fingerprint density at radius 2 is 1.72 bits per heavy atom. The first-order valence-corrected chi connectivity index (χ1v) is 8.84. The van der Waals surface area contributed by atoms with Gasteiger partial charge >= 0.3 is 0 Å². The van der Waals surface area contributed by atoms with Crippen LogP contribution in [0.5, 0.6) is 0 Å². The van der Waals surface area contributed by atoms with Crippen LogP contribution < -0.4 is 5.32 Å². The average Bonchev–Trinajstić information content (AvgIpc) is 2.96. The Bertz CT molecular complexity index is 1020. The van der Waals surface area contributed by atoms with E-state index in [0.29, 0.717) is 10.1 Å². The Kier molecular flexibility index (Phi) is 4.12. The van der Waals surface area contributed by atoms with Gasteiger partial charge < -0.3 is 5.32 Å². The lowest BCUT2D eigenvalue weighted by atomic mass is 10.1. The quantitative estimate of drug-likeness (QED) is 0.662. The summed E-state index contributed by atoms with van der Waals surface area (Å²) in [5.41, 5.74) is 3.04. The highest BCUT2D eigenvalue weighted by Crippen LogP contribution is 2.29. The standard InChI is InChI=1S/C21H16N2OS/c1-14-6-8-15(9-7-14)12-19-20(24)23-21(25-19)22-18-11-10-16-4-2-3-5-17(16)13-18/h2-13H,1H3,(H,22,23,24)/b19-12-. The fraction of sp³-hybridized carbons (Fsp3) is 0.0476. The summed E-state index contributed by atoms with van der Waals surface area (Å²) in [5.74, 6) is -0.106. The molecule has 1 N–H and O–H groups in total. The van der Waals surface area contributed by atoms with E-state index in [4.69, 9.17) is 0 Å². The van der Waals surface area contributed by atoms with E-state index in [1.807, 2.05) is 67.6 Å². The van der Waals surface area contributed by atoms with Crippen LogP contribution in [-0.4, -0.2) is 11.1 Å². The normalized spacial score (nSPS) is 17.4. The molecule has 122 valence electrons. The van der Waals surface area contributed by atoms with Gasteiger partial charge in [0, 0.05) is 0 Å². The molecule has 0 atom stereocenters. The second kappa shape index (κ2) is 6.57. The van der Waals surface area contributed by atoms with E-state index in [9.17, 15) is 4.79 Å². The monoisotopic (exact) mass is 344 g/mol. The van der Waals surface area contributed by atoms with Gasteiger partial charge in [-0.3, -0.25) is 4.79 Å². The largest absolute Gasteiger partial charge is 0.300 e. The van der Waals surface area contributed by atoms with Crippen molar-refractivity contribution in [2.75, 3.05) is 0 Å². The fourth-order valence-corrected chi connectivity index (χ4v) is 3.50. The highest BCUT2D eigenvalue weighted by atomic mass is 32.2. The van der Waals surface area contributed by atoms with Gasteiger partial charge in [-0.2, -0.15) is 0 Å². The Hall–Kier alpha value is -2.85. The van der Waals surface area contributed by atoms with Gasteiger partial charge in [0.25, 0.3) is 5.91 Å². The topological polar surface area (TPSA) is 41.5 Å². The summed E-state index contributed by atoms with van der Waals surface area (Å²) in [5, 5.41) is 5.76. The fourth-order valence-electron chi connectivity index (χ4n) is 2.66. The third kappa shape index (κ3) is 3.49. The van der Waals surface area contributed by atoms with E-state index in [0.717, 1.165) is 16.6 Å². The van der Waals surface area contributed by atoms with Gasteiger partial charge in [0.1, 0.15) is 0 Å². The Morgan fingerprint density at radius 1 is 0.960 bits per heavy atom. The Labute approximate surface area is 150 Å². The maximum absolute atomic E-state index is 12.2. The lowest BCUT2D eigenvalue weighted by Gasteiger charge is -2.00. The van der Waals surface area contributed by atoms with Crippen LogP contribution in [0.2, 0.25) is 0 Å². The number of carbonyl (C=O) groups is 1. The first kappa shape index (κ1) is 15.7. The number of hydrogen-bond donors (Lipinski definition) is 1. The number of benzene rings is 3. The number of nitrogens with one attached hydrogen (secondary N) is 1. The van der Waals surface area contributed by atoms with Crippen LogP contribution in [0.4, 0.5) is 5.69 Å². The van der Waals surface area contributed by atoms with Crippen molar-refractivity contribution in [3.8, 4) is 0 Å². The second-order valence-corrected chi connectivity index (χ2v) is 6.95. The first-order chi connectivity index (χ1) is 12.2. The van der Waals surface area contributed by atoms with E-state index in [1.54, 1.807) is 0 Å². The number of aliphatic imine (C=N–C) groups is 1. The summed E-state index contributed by atoms with van der Waals surface area (Å²) in [4.78, 5) is 17.4. The average molecular weight is 344 g/mol. The minimum absolute atomic E-state index is 0.106. The number of amidine groups is 1. The van der Waals surface area contributed by atoms with Crippen molar-refractivity contribution < 1.29 is 4.79 Å². The molecule has 1 fully saturated rings. The molecule has 3 nitrogen and oxygen atoms in total. The van der Waals surface area contributed by atoms with Crippen molar-refractivity contribution >= 4 is 45.4 Å². The molecule has 4 heteroatoms. The first-order valence-electron chi connectivity index (χ1n) is 8.02. The number of aryl methyl sites for hydroxylation is 1. The van der Waals surface area contributed by atoms with Gasteiger partial charge in [-0.15, -0.1) is 0 Å². The van der Waals surface area contributed by atoms with Gasteiger partial charge in [-0.25, -0.2) is 4.99 Å². The third-order valence-corrected chi connectivity index (χ3v) is 4.90. The molecule has 3 aromatic rings. The lowest BCUT2D eigenvalue weighted by molar-refractivity contribution is -0.115. The van der Waals surface area contributed by atoms with Gasteiger partial charge in [-0.05, 0) is 53.2 Å². The molecule has 1 aliphatic heterocycles. The van der Waals surface area contributed by atoms with Crippen molar-refractivity contribution in [3.05, 3.63) is 82.8 Å². The van der Waals surface area contributed by atoms with Gasteiger partial charge in [0.2, 0.25) is 0 Å². The molecule has 0 unspecified atom stereocenters. The summed E-state index contributed by atoms with van der Waals surface area (Å²) in [6.45, 7) is 2.04. The molecule has 0 bridgehead atoms. The number of amides is 1. The predicted octanol–water partition coefficient (Wildman–Crippen LogP) is 5.04. The minimum atomic E-state index is -0.106. The lowest BCUT2D eigenvalue weighted by Crippen LogP contribution is -2.19. The molecule has 0 radical (unpaired) electrons. The van der Waals surface area contributed by atoms with E-state index in [2.05, 4.69) is 22.4 Å². The molecule has 0 aromatic heterocycles. The molecule has 4 rings (SSSR count). The molecule has 1 amide bonds. The number of thioether (sulfide) groups is 1.